The fourth-order valence-corrected chi connectivity index (χ4v) is 2.01. The van der Waals surface area contributed by atoms with Crippen LogP contribution in [0, 0.1) is 0 Å². The normalized spacial score (nSPS) is 10.6. The van der Waals surface area contributed by atoms with Gasteiger partial charge in [0.15, 0.2) is 0 Å². The van der Waals surface area contributed by atoms with Crippen LogP contribution in [0.25, 0.3) is 0 Å². The van der Waals surface area contributed by atoms with E-state index in [-0.39, 0.29) is 0 Å². The molecule has 5 heteroatoms. The first-order valence-electron chi connectivity index (χ1n) is 4.49. The van der Waals surface area contributed by atoms with Gasteiger partial charge in [-0.05, 0) is 17.9 Å². The summed E-state index contributed by atoms with van der Waals surface area (Å²) in [6.07, 6.45) is 2.75. The van der Waals surface area contributed by atoms with Crippen molar-refractivity contribution < 1.29 is 0 Å². The van der Waals surface area contributed by atoms with E-state index in [9.17, 15) is 0 Å². The number of hydrogen-bond acceptors (Lipinski definition) is 4. The molecule has 0 amide bonds. The highest BCUT2D eigenvalue weighted by Gasteiger charge is 2.01. The Morgan fingerprint density at radius 2 is 2.43 bits per heavy atom. The number of aromatic nitrogens is 3. The lowest BCUT2D eigenvalue weighted by molar-refractivity contribution is 0.655. The number of thiophene rings is 1. The molecule has 0 bridgehead atoms. The van der Waals surface area contributed by atoms with Crippen molar-refractivity contribution >= 4 is 11.3 Å². The van der Waals surface area contributed by atoms with Crippen LogP contribution in [-0.2, 0) is 19.5 Å². The minimum Gasteiger partial charge on any atom is -0.324 e. The lowest BCUT2D eigenvalue weighted by atomic mass is 10.3. The predicted octanol–water partition coefficient (Wildman–Crippen LogP) is 1.04. The second kappa shape index (κ2) is 4.34. The zero-order valence-electron chi connectivity index (χ0n) is 7.76. The fourth-order valence-electron chi connectivity index (χ4n) is 1.31. The molecule has 2 rings (SSSR count). The Balaban J connectivity index is 1.98. The summed E-state index contributed by atoms with van der Waals surface area (Å²) in [7, 11) is 0. The molecule has 0 radical (unpaired) electrons. The average Bonchev–Trinajstić information content (AvgIpc) is 2.85. The Labute approximate surface area is 86.4 Å². The maximum Gasteiger partial charge on any atom is 0.146 e. The first-order valence-corrected chi connectivity index (χ1v) is 5.37. The van der Waals surface area contributed by atoms with Gasteiger partial charge < -0.3 is 10.3 Å². The minimum absolute atomic E-state index is 0.449. The number of aryl methyl sites for hydroxylation is 2. The molecule has 2 aromatic heterocycles. The number of nitrogens with two attached hydrogens (primary N) is 1. The standard InChI is InChI=1S/C9H12N4S/c10-6-9-12-11-7-13(9)4-3-8-2-1-5-14-8/h1-2,5,7H,3-4,6,10H2. The summed E-state index contributed by atoms with van der Waals surface area (Å²) in [6.45, 7) is 1.35. The van der Waals surface area contributed by atoms with E-state index in [1.54, 1.807) is 17.7 Å². The van der Waals surface area contributed by atoms with Gasteiger partial charge in [-0.3, -0.25) is 0 Å². The number of nitrogens with zero attached hydrogens (tertiary/aromatic N) is 3. The zero-order chi connectivity index (χ0) is 9.80. The molecular formula is C9H12N4S. The third-order valence-electron chi connectivity index (χ3n) is 2.06. The van der Waals surface area contributed by atoms with Gasteiger partial charge in [0, 0.05) is 11.4 Å². The van der Waals surface area contributed by atoms with Crippen molar-refractivity contribution in [1.29, 1.82) is 0 Å². The number of hydrogen-bond donors (Lipinski definition) is 1. The molecule has 0 atom stereocenters. The van der Waals surface area contributed by atoms with Crippen LogP contribution in [0.3, 0.4) is 0 Å². The van der Waals surface area contributed by atoms with Crippen LogP contribution < -0.4 is 5.73 Å². The molecule has 0 aliphatic carbocycles. The van der Waals surface area contributed by atoms with Crippen molar-refractivity contribution in [3.63, 3.8) is 0 Å². The van der Waals surface area contributed by atoms with E-state index < -0.39 is 0 Å². The average molecular weight is 208 g/mol. The lowest BCUT2D eigenvalue weighted by Crippen LogP contribution is -2.09. The molecule has 4 nitrogen and oxygen atoms in total. The topological polar surface area (TPSA) is 56.7 Å². The van der Waals surface area contributed by atoms with Gasteiger partial charge in [-0.1, -0.05) is 6.07 Å². The van der Waals surface area contributed by atoms with Gasteiger partial charge >= 0.3 is 0 Å². The summed E-state index contributed by atoms with van der Waals surface area (Å²) < 4.78 is 2.00. The third-order valence-corrected chi connectivity index (χ3v) is 2.99. The molecule has 0 aromatic carbocycles. The highest BCUT2D eigenvalue weighted by Crippen LogP contribution is 2.10. The van der Waals surface area contributed by atoms with Crippen LogP contribution >= 0.6 is 11.3 Å². The van der Waals surface area contributed by atoms with E-state index in [2.05, 4.69) is 27.7 Å². The SMILES string of the molecule is NCc1nncn1CCc1cccs1. The van der Waals surface area contributed by atoms with Crippen LogP contribution in [-0.4, -0.2) is 14.8 Å². The maximum absolute atomic E-state index is 5.52. The lowest BCUT2D eigenvalue weighted by Gasteiger charge is -2.02. The molecule has 0 fully saturated rings. The van der Waals surface area contributed by atoms with Gasteiger partial charge in [0.25, 0.3) is 0 Å². The van der Waals surface area contributed by atoms with Crippen LogP contribution in [0.15, 0.2) is 23.8 Å². The fraction of sp³-hybridized carbons (Fsp3) is 0.333. The Morgan fingerprint density at radius 3 is 3.14 bits per heavy atom. The maximum atomic E-state index is 5.52. The van der Waals surface area contributed by atoms with Crippen molar-refractivity contribution in [2.75, 3.05) is 0 Å². The molecule has 14 heavy (non-hydrogen) atoms. The van der Waals surface area contributed by atoms with Crippen LogP contribution in [0.4, 0.5) is 0 Å². The third kappa shape index (κ3) is 2.00. The van der Waals surface area contributed by atoms with E-state index in [0.717, 1.165) is 18.8 Å². The predicted molar refractivity (Wildman–Crippen MR) is 55.9 cm³/mol. The van der Waals surface area contributed by atoms with Gasteiger partial charge in [0.2, 0.25) is 0 Å². The Kier molecular flexibility index (Phi) is 2.90. The molecule has 2 heterocycles. The first kappa shape index (κ1) is 9.36. The van der Waals surface area contributed by atoms with Gasteiger partial charge in [0.05, 0.1) is 6.54 Å². The van der Waals surface area contributed by atoms with Crippen LogP contribution in [0.1, 0.15) is 10.7 Å². The summed E-state index contributed by atoms with van der Waals surface area (Å²) in [5, 5.41) is 9.84. The van der Waals surface area contributed by atoms with E-state index in [1.165, 1.54) is 4.88 Å². The molecule has 2 aromatic rings. The first-order chi connectivity index (χ1) is 6.90. The highest BCUT2D eigenvalue weighted by atomic mass is 32.1. The molecular weight excluding hydrogens is 196 g/mol. The molecule has 0 saturated carbocycles. The monoisotopic (exact) mass is 208 g/mol. The van der Waals surface area contributed by atoms with Crippen molar-refractivity contribution in [1.82, 2.24) is 14.8 Å². The molecule has 0 aliphatic heterocycles. The summed E-state index contributed by atoms with van der Waals surface area (Å²) in [6, 6.07) is 4.20. The van der Waals surface area contributed by atoms with Gasteiger partial charge in [-0.15, -0.1) is 21.5 Å². The molecule has 0 saturated heterocycles. The summed E-state index contributed by atoms with van der Waals surface area (Å²) in [5.41, 5.74) is 5.52. The molecule has 0 aliphatic rings. The van der Waals surface area contributed by atoms with E-state index in [0.29, 0.717) is 6.54 Å². The van der Waals surface area contributed by atoms with E-state index in [4.69, 9.17) is 5.73 Å². The minimum atomic E-state index is 0.449. The van der Waals surface area contributed by atoms with E-state index >= 15 is 0 Å². The zero-order valence-corrected chi connectivity index (χ0v) is 8.57. The van der Waals surface area contributed by atoms with E-state index in [1.807, 2.05) is 4.57 Å². The Hall–Kier alpha value is -1.20. The summed E-state index contributed by atoms with van der Waals surface area (Å²) in [4.78, 5) is 1.38. The van der Waals surface area contributed by atoms with Crippen molar-refractivity contribution in [2.24, 2.45) is 5.73 Å². The second-order valence-electron chi connectivity index (χ2n) is 2.97. The molecule has 0 spiro atoms. The van der Waals surface area contributed by atoms with Crippen molar-refractivity contribution in [3.05, 3.63) is 34.5 Å². The Bertz CT molecular complexity index is 379. The van der Waals surface area contributed by atoms with Gasteiger partial charge in [-0.25, -0.2) is 0 Å². The summed E-state index contributed by atoms with van der Waals surface area (Å²) in [5.74, 6) is 0.849. The van der Waals surface area contributed by atoms with Crippen molar-refractivity contribution in [3.8, 4) is 0 Å². The summed E-state index contributed by atoms with van der Waals surface area (Å²) >= 11 is 1.77. The van der Waals surface area contributed by atoms with Gasteiger partial charge in [-0.2, -0.15) is 0 Å². The smallest absolute Gasteiger partial charge is 0.146 e. The molecule has 74 valence electrons. The van der Waals surface area contributed by atoms with Crippen molar-refractivity contribution in [2.45, 2.75) is 19.5 Å². The van der Waals surface area contributed by atoms with Gasteiger partial charge in [0.1, 0.15) is 12.2 Å². The second-order valence-corrected chi connectivity index (χ2v) is 4.01. The Morgan fingerprint density at radius 1 is 1.50 bits per heavy atom. The van der Waals surface area contributed by atoms with Crippen LogP contribution in [0.2, 0.25) is 0 Å². The largest absolute Gasteiger partial charge is 0.324 e. The molecule has 0 unspecified atom stereocenters. The van der Waals surface area contributed by atoms with Crippen LogP contribution in [0.5, 0.6) is 0 Å². The quantitative estimate of drug-likeness (QED) is 0.816. The number of rotatable bonds is 4. The molecule has 2 N–H and O–H groups in total. The highest BCUT2D eigenvalue weighted by molar-refractivity contribution is 7.09.